The highest BCUT2D eigenvalue weighted by Gasteiger charge is 2.30. The van der Waals surface area contributed by atoms with Crippen molar-refractivity contribution in [3.63, 3.8) is 0 Å². The van der Waals surface area contributed by atoms with Crippen LogP contribution in [0.25, 0.3) is 6.08 Å². The maximum Gasteiger partial charge on any atom is 0.247 e. The predicted molar refractivity (Wildman–Crippen MR) is 80.4 cm³/mol. The fourth-order valence-corrected chi connectivity index (χ4v) is 2.44. The van der Waals surface area contributed by atoms with E-state index in [1.165, 1.54) is 6.08 Å². The van der Waals surface area contributed by atoms with Crippen LogP contribution < -0.4 is 0 Å². The number of likely N-dealkylation sites (tertiary alicyclic amines) is 1. The van der Waals surface area contributed by atoms with Crippen molar-refractivity contribution in [2.75, 3.05) is 13.1 Å². The molecule has 2 rings (SSSR count). The monoisotopic (exact) mass is 302 g/mol. The molecule has 108 valence electrons. The molecule has 0 radical (unpaired) electrons. The van der Waals surface area contributed by atoms with Crippen LogP contribution in [0.15, 0.2) is 30.3 Å². The Bertz CT molecular complexity index is 613. The highest BCUT2D eigenvalue weighted by atomic mass is 35.5. The summed E-state index contributed by atoms with van der Waals surface area (Å²) in [4.78, 5) is 25.7. The Kier molecular flexibility index (Phi) is 5.13. The highest BCUT2D eigenvalue weighted by molar-refractivity contribution is 6.30. The summed E-state index contributed by atoms with van der Waals surface area (Å²) in [5.41, 5.74) is 0.751. The molecule has 1 heterocycles. The second-order valence-corrected chi connectivity index (χ2v) is 5.32. The molecule has 21 heavy (non-hydrogen) atoms. The van der Waals surface area contributed by atoms with E-state index in [9.17, 15) is 9.59 Å². The van der Waals surface area contributed by atoms with Crippen LogP contribution >= 0.6 is 11.6 Å². The van der Waals surface area contributed by atoms with Crippen LogP contribution in [0.1, 0.15) is 18.4 Å². The van der Waals surface area contributed by atoms with E-state index in [0.29, 0.717) is 18.1 Å². The van der Waals surface area contributed by atoms with Crippen molar-refractivity contribution in [1.29, 1.82) is 5.26 Å². The lowest BCUT2D eigenvalue weighted by molar-refractivity contribution is -0.136. The minimum Gasteiger partial charge on any atom is -0.341 e. The van der Waals surface area contributed by atoms with E-state index in [1.807, 2.05) is 6.07 Å². The highest BCUT2D eigenvalue weighted by Crippen LogP contribution is 2.15. The van der Waals surface area contributed by atoms with Crippen LogP contribution in [0.5, 0.6) is 0 Å². The number of nitriles is 1. The van der Waals surface area contributed by atoms with Crippen molar-refractivity contribution in [2.45, 2.75) is 12.8 Å². The van der Waals surface area contributed by atoms with Crippen molar-refractivity contribution in [3.05, 3.63) is 40.9 Å². The maximum atomic E-state index is 12.1. The second-order valence-electron chi connectivity index (χ2n) is 4.89. The summed E-state index contributed by atoms with van der Waals surface area (Å²) >= 11 is 5.85. The molecule has 0 spiro atoms. The van der Waals surface area contributed by atoms with Crippen molar-refractivity contribution in [2.24, 2.45) is 5.92 Å². The van der Waals surface area contributed by atoms with Crippen molar-refractivity contribution >= 4 is 29.4 Å². The number of rotatable bonds is 4. The summed E-state index contributed by atoms with van der Waals surface area (Å²) < 4.78 is 0. The summed E-state index contributed by atoms with van der Waals surface area (Å²) in [5, 5.41) is 9.66. The van der Waals surface area contributed by atoms with Gasteiger partial charge in [0.25, 0.3) is 0 Å². The van der Waals surface area contributed by atoms with E-state index in [1.54, 1.807) is 35.2 Å². The Morgan fingerprint density at radius 1 is 1.33 bits per heavy atom. The molecule has 5 heteroatoms. The smallest absolute Gasteiger partial charge is 0.247 e. The van der Waals surface area contributed by atoms with Gasteiger partial charge >= 0.3 is 0 Å². The third kappa shape index (κ3) is 3.93. The quantitative estimate of drug-likeness (QED) is 0.634. The van der Waals surface area contributed by atoms with Gasteiger partial charge in [-0.1, -0.05) is 29.8 Å². The number of halogens is 1. The van der Waals surface area contributed by atoms with E-state index in [2.05, 4.69) is 0 Å². The number of hydrogen-bond acceptors (Lipinski definition) is 3. The molecule has 1 fully saturated rings. The minimum atomic E-state index is -1.25. The molecule has 1 aromatic carbocycles. The molecule has 1 saturated heterocycles. The predicted octanol–water partition coefficient (Wildman–Crippen LogP) is 2.68. The zero-order chi connectivity index (χ0) is 15.2. The molecule has 0 N–H and O–H groups in total. The summed E-state index contributed by atoms with van der Waals surface area (Å²) in [6, 6.07) is 8.80. The molecule has 1 amide bonds. The molecule has 1 aromatic rings. The van der Waals surface area contributed by atoms with Crippen molar-refractivity contribution in [3.8, 4) is 6.07 Å². The topological polar surface area (TPSA) is 61.2 Å². The average molecular weight is 303 g/mol. The zero-order valence-electron chi connectivity index (χ0n) is 11.5. The van der Waals surface area contributed by atoms with Crippen LogP contribution in [-0.2, 0) is 9.59 Å². The van der Waals surface area contributed by atoms with Gasteiger partial charge in [0.1, 0.15) is 0 Å². The first-order chi connectivity index (χ1) is 10.1. The van der Waals surface area contributed by atoms with Gasteiger partial charge in [0, 0.05) is 18.1 Å². The number of amides is 1. The van der Waals surface area contributed by atoms with Gasteiger partial charge < -0.3 is 4.90 Å². The Morgan fingerprint density at radius 3 is 2.67 bits per heavy atom. The SMILES string of the molecule is N#C[C@H](C(=O)/C=C\c1cccc(Cl)c1)C(=O)N1CCCC1. The Balaban J connectivity index is 2.06. The van der Waals surface area contributed by atoms with Gasteiger partial charge in [0.05, 0.1) is 6.07 Å². The Morgan fingerprint density at radius 2 is 2.05 bits per heavy atom. The molecule has 0 aromatic heterocycles. The molecule has 0 unspecified atom stereocenters. The van der Waals surface area contributed by atoms with Crippen LogP contribution in [0.2, 0.25) is 5.02 Å². The van der Waals surface area contributed by atoms with E-state index in [4.69, 9.17) is 16.9 Å². The largest absolute Gasteiger partial charge is 0.341 e. The van der Waals surface area contributed by atoms with E-state index >= 15 is 0 Å². The molecule has 0 bridgehead atoms. The van der Waals surface area contributed by atoms with Crippen LogP contribution in [0, 0.1) is 17.2 Å². The van der Waals surface area contributed by atoms with E-state index < -0.39 is 17.6 Å². The fourth-order valence-electron chi connectivity index (χ4n) is 2.25. The first-order valence-corrected chi connectivity index (χ1v) is 7.15. The van der Waals surface area contributed by atoms with Gasteiger partial charge in [-0.05, 0) is 36.6 Å². The molecule has 1 aliphatic heterocycles. The standard InChI is InChI=1S/C16H15ClN2O2/c17-13-5-3-4-12(10-13)6-7-15(20)14(11-18)16(21)19-8-1-2-9-19/h3-7,10,14H,1-2,8-9H2/b7-6-/t14-/m1/s1. The number of ketones is 1. The summed E-state index contributed by atoms with van der Waals surface area (Å²) in [7, 11) is 0. The zero-order valence-corrected chi connectivity index (χ0v) is 12.2. The third-order valence-corrected chi connectivity index (χ3v) is 3.60. The number of nitrogens with zero attached hydrogens (tertiary/aromatic N) is 2. The number of carbonyl (C=O) groups excluding carboxylic acids is 2. The molecule has 0 saturated carbocycles. The van der Waals surface area contributed by atoms with Crippen molar-refractivity contribution < 1.29 is 9.59 Å². The van der Waals surface area contributed by atoms with Gasteiger partial charge in [-0.15, -0.1) is 0 Å². The average Bonchev–Trinajstić information content (AvgIpc) is 3.00. The van der Waals surface area contributed by atoms with E-state index in [-0.39, 0.29) is 0 Å². The van der Waals surface area contributed by atoms with Crippen molar-refractivity contribution in [1.82, 2.24) is 4.90 Å². The Hall–Kier alpha value is -2.12. The summed E-state index contributed by atoms with van der Waals surface area (Å²) in [6.45, 7) is 1.25. The lowest BCUT2D eigenvalue weighted by atomic mass is 10.0. The molecule has 1 aliphatic rings. The van der Waals surface area contributed by atoms with E-state index in [0.717, 1.165) is 18.4 Å². The van der Waals surface area contributed by atoms with Gasteiger partial charge in [-0.3, -0.25) is 9.59 Å². The summed E-state index contributed by atoms with van der Waals surface area (Å²) in [5.74, 6) is -2.14. The van der Waals surface area contributed by atoms with Crippen LogP contribution in [-0.4, -0.2) is 29.7 Å². The first-order valence-electron chi connectivity index (χ1n) is 6.77. The molecular formula is C16H15ClN2O2. The lowest BCUT2D eigenvalue weighted by Crippen LogP contribution is -2.36. The van der Waals surface area contributed by atoms with Gasteiger partial charge in [0.15, 0.2) is 11.7 Å². The minimum absolute atomic E-state index is 0.393. The number of hydrogen-bond donors (Lipinski definition) is 0. The van der Waals surface area contributed by atoms with Crippen LogP contribution in [0.3, 0.4) is 0 Å². The Labute approximate surface area is 128 Å². The maximum absolute atomic E-state index is 12.1. The molecule has 4 nitrogen and oxygen atoms in total. The second kappa shape index (κ2) is 7.05. The summed E-state index contributed by atoms with van der Waals surface area (Å²) in [6.07, 6.45) is 4.69. The molecular weight excluding hydrogens is 288 g/mol. The number of carbonyl (C=O) groups is 2. The van der Waals surface area contributed by atoms with Gasteiger partial charge in [0.2, 0.25) is 5.91 Å². The first kappa shape index (κ1) is 15.3. The third-order valence-electron chi connectivity index (χ3n) is 3.37. The molecule has 0 aliphatic carbocycles. The fraction of sp³-hybridized carbons (Fsp3) is 0.312. The normalized spacial score (nSPS) is 15.9. The molecule has 1 atom stereocenters. The number of benzene rings is 1. The van der Waals surface area contributed by atoms with Gasteiger partial charge in [-0.2, -0.15) is 5.26 Å². The van der Waals surface area contributed by atoms with Crippen LogP contribution in [0.4, 0.5) is 0 Å². The lowest BCUT2D eigenvalue weighted by Gasteiger charge is -2.17. The number of allylic oxidation sites excluding steroid dienone is 1. The van der Waals surface area contributed by atoms with Gasteiger partial charge in [-0.25, -0.2) is 0 Å².